The predicted octanol–water partition coefficient (Wildman–Crippen LogP) is 4.27. The quantitative estimate of drug-likeness (QED) is 0.424. The standard InChI is InChI=1S/C24H21FN2O3S/c1-26(15-18-7-3-2-4-8-18)24(28)17-27-16-23(21-9-5-6-10-22(21)27)31(29,30)20-13-11-19(25)12-14-20/h2-14,16H,15,17H2,1H3. The van der Waals surface area contributed by atoms with Gasteiger partial charge in [-0.05, 0) is 35.9 Å². The van der Waals surface area contributed by atoms with E-state index in [2.05, 4.69) is 0 Å². The van der Waals surface area contributed by atoms with Crippen LogP contribution >= 0.6 is 0 Å². The lowest BCUT2D eigenvalue weighted by Gasteiger charge is -2.18. The number of benzene rings is 3. The molecule has 1 amide bonds. The first-order chi connectivity index (χ1) is 14.9. The van der Waals surface area contributed by atoms with Crippen molar-refractivity contribution in [2.45, 2.75) is 22.9 Å². The van der Waals surface area contributed by atoms with E-state index < -0.39 is 15.7 Å². The van der Waals surface area contributed by atoms with E-state index in [1.165, 1.54) is 18.3 Å². The fraction of sp³-hybridized carbons (Fsp3) is 0.125. The van der Waals surface area contributed by atoms with Crippen LogP contribution in [0.25, 0.3) is 10.9 Å². The highest BCUT2D eigenvalue weighted by Gasteiger charge is 2.24. The van der Waals surface area contributed by atoms with Crippen molar-refractivity contribution >= 4 is 26.6 Å². The van der Waals surface area contributed by atoms with Crippen LogP contribution < -0.4 is 0 Å². The van der Waals surface area contributed by atoms with Crippen molar-refractivity contribution in [3.63, 3.8) is 0 Å². The molecule has 0 atom stereocenters. The molecule has 1 aromatic heterocycles. The van der Waals surface area contributed by atoms with Crippen molar-refractivity contribution in [3.05, 3.63) is 96.4 Å². The first kappa shape index (κ1) is 20.8. The zero-order chi connectivity index (χ0) is 22.0. The highest BCUT2D eigenvalue weighted by atomic mass is 32.2. The summed E-state index contributed by atoms with van der Waals surface area (Å²) < 4.78 is 41.3. The normalized spacial score (nSPS) is 11.5. The summed E-state index contributed by atoms with van der Waals surface area (Å²) in [4.78, 5) is 14.5. The molecule has 0 fully saturated rings. The Bertz CT molecular complexity index is 1330. The smallest absolute Gasteiger partial charge is 0.242 e. The number of fused-ring (bicyclic) bond motifs is 1. The van der Waals surface area contributed by atoms with Gasteiger partial charge in [-0.25, -0.2) is 12.8 Å². The molecular formula is C24H21FN2O3S. The third-order valence-corrected chi connectivity index (χ3v) is 6.96. The number of carbonyl (C=O) groups is 1. The molecule has 0 spiro atoms. The van der Waals surface area contributed by atoms with Gasteiger partial charge < -0.3 is 9.47 Å². The zero-order valence-electron chi connectivity index (χ0n) is 16.9. The van der Waals surface area contributed by atoms with Crippen LogP contribution in [-0.2, 0) is 27.7 Å². The Balaban J connectivity index is 1.67. The fourth-order valence-electron chi connectivity index (χ4n) is 3.51. The molecule has 0 aliphatic heterocycles. The predicted molar refractivity (Wildman–Crippen MR) is 117 cm³/mol. The summed E-state index contributed by atoms with van der Waals surface area (Å²) in [5.74, 6) is -0.649. The highest BCUT2D eigenvalue weighted by molar-refractivity contribution is 7.91. The van der Waals surface area contributed by atoms with Gasteiger partial charge in [0.25, 0.3) is 0 Å². The third-order valence-electron chi connectivity index (χ3n) is 5.16. The minimum absolute atomic E-state index is 0.00276. The molecule has 3 aromatic carbocycles. The Hall–Kier alpha value is -3.45. The van der Waals surface area contributed by atoms with Crippen LogP contribution in [0.4, 0.5) is 4.39 Å². The molecule has 0 N–H and O–H groups in total. The van der Waals surface area contributed by atoms with Crippen molar-refractivity contribution in [3.8, 4) is 0 Å². The minimum atomic E-state index is -3.88. The second-order valence-corrected chi connectivity index (χ2v) is 9.25. The van der Waals surface area contributed by atoms with Gasteiger partial charge >= 0.3 is 0 Å². The monoisotopic (exact) mass is 436 g/mol. The number of sulfone groups is 1. The van der Waals surface area contributed by atoms with Gasteiger partial charge in [-0.15, -0.1) is 0 Å². The fourth-order valence-corrected chi connectivity index (χ4v) is 4.99. The molecule has 4 aromatic rings. The molecule has 5 nitrogen and oxygen atoms in total. The molecule has 4 rings (SSSR count). The lowest BCUT2D eigenvalue weighted by Crippen LogP contribution is -2.29. The van der Waals surface area contributed by atoms with Crippen LogP contribution in [-0.4, -0.2) is 30.8 Å². The largest absolute Gasteiger partial charge is 0.340 e. The molecule has 31 heavy (non-hydrogen) atoms. The van der Waals surface area contributed by atoms with Crippen molar-refractivity contribution < 1.29 is 17.6 Å². The lowest BCUT2D eigenvalue weighted by molar-refractivity contribution is -0.131. The molecule has 0 saturated carbocycles. The van der Waals surface area contributed by atoms with Gasteiger partial charge in [-0.2, -0.15) is 0 Å². The minimum Gasteiger partial charge on any atom is -0.340 e. The summed E-state index contributed by atoms with van der Waals surface area (Å²) in [5.41, 5.74) is 1.65. The number of amides is 1. The average Bonchev–Trinajstić information content (AvgIpc) is 3.14. The summed E-state index contributed by atoms with van der Waals surface area (Å²) in [6.07, 6.45) is 1.48. The molecular weight excluding hydrogens is 415 g/mol. The van der Waals surface area contributed by atoms with E-state index in [-0.39, 0.29) is 22.2 Å². The molecule has 0 aliphatic carbocycles. The SMILES string of the molecule is CN(Cc1ccccc1)C(=O)Cn1cc(S(=O)(=O)c2ccc(F)cc2)c2ccccc21. The van der Waals surface area contributed by atoms with Crippen molar-refractivity contribution in [1.29, 1.82) is 0 Å². The summed E-state index contributed by atoms with van der Waals surface area (Å²) in [6.45, 7) is 0.461. The second kappa shape index (κ2) is 8.35. The summed E-state index contributed by atoms with van der Waals surface area (Å²) in [5, 5.41) is 0.519. The maximum absolute atomic E-state index is 13.3. The van der Waals surface area contributed by atoms with E-state index in [0.717, 1.165) is 17.7 Å². The van der Waals surface area contributed by atoms with E-state index in [1.54, 1.807) is 40.8 Å². The third kappa shape index (κ3) is 4.22. The van der Waals surface area contributed by atoms with Crippen molar-refractivity contribution in [1.82, 2.24) is 9.47 Å². The Kier molecular flexibility index (Phi) is 5.61. The summed E-state index contributed by atoms with van der Waals surface area (Å²) in [7, 11) is -2.16. The molecule has 0 radical (unpaired) electrons. The molecule has 0 bridgehead atoms. The van der Waals surface area contributed by atoms with E-state index >= 15 is 0 Å². The number of rotatable bonds is 6. The van der Waals surface area contributed by atoms with Gasteiger partial charge in [0.05, 0.1) is 9.79 Å². The van der Waals surface area contributed by atoms with Gasteiger partial charge in [-0.3, -0.25) is 4.79 Å². The van der Waals surface area contributed by atoms with Crippen LogP contribution in [0, 0.1) is 5.82 Å². The molecule has 0 aliphatic rings. The van der Waals surface area contributed by atoms with Crippen LogP contribution in [0.5, 0.6) is 0 Å². The number of carbonyl (C=O) groups excluding carboxylic acids is 1. The second-order valence-electron chi connectivity index (χ2n) is 7.33. The Morgan fingerprint density at radius 1 is 0.935 bits per heavy atom. The van der Waals surface area contributed by atoms with E-state index in [1.807, 2.05) is 30.3 Å². The van der Waals surface area contributed by atoms with E-state index in [9.17, 15) is 17.6 Å². The number of aromatic nitrogens is 1. The van der Waals surface area contributed by atoms with Crippen molar-refractivity contribution in [2.24, 2.45) is 0 Å². The number of halogens is 1. The van der Waals surface area contributed by atoms with Crippen molar-refractivity contribution in [2.75, 3.05) is 7.05 Å². The van der Waals surface area contributed by atoms with Crippen LogP contribution in [0.2, 0.25) is 0 Å². The number of para-hydroxylation sites is 1. The van der Waals surface area contributed by atoms with Crippen LogP contribution in [0.3, 0.4) is 0 Å². The van der Waals surface area contributed by atoms with Gasteiger partial charge in [0.2, 0.25) is 15.7 Å². The zero-order valence-corrected chi connectivity index (χ0v) is 17.7. The Morgan fingerprint density at radius 2 is 1.58 bits per heavy atom. The van der Waals surface area contributed by atoms with Gasteiger partial charge in [0.1, 0.15) is 12.4 Å². The van der Waals surface area contributed by atoms with Gasteiger partial charge in [0.15, 0.2) is 0 Å². The first-order valence-corrected chi connectivity index (χ1v) is 11.2. The number of nitrogens with zero attached hydrogens (tertiary/aromatic N) is 2. The highest BCUT2D eigenvalue weighted by Crippen LogP contribution is 2.30. The average molecular weight is 437 g/mol. The Labute approximate surface area is 180 Å². The number of likely N-dealkylation sites (N-methyl/N-ethyl adjacent to an activating group) is 1. The molecule has 1 heterocycles. The molecule has 158 valence electrons. The first-order valence-electron chi connectivity index (χ1n) is 9.72. The summed E-state index contributed by atoms with van der Waals surface area (Å²) in [6, 6.07) is 21.4. The maximum atomic E-state index is 13.3. The molecule has 0 unspecified atom stereocenters. The van der Waals surface area contributed by atoms with Gasteiger partial charge in [0, 0.05) is 30.7 Å². The lowest BCUT2D eigenvalue weighted by atomic mass is 10.2. The van der Waals surface area contributed by atoms with Crippen LogP contribution in [0.1, 0.15) is 5.56 Å². The number of hydrogen-bond acceptors (Lipinski definition) is 3. The molecule has 7 heteroatoms. The van der Waals surface area contributed by atoms with Gasteiger partial charge in [-0.1, -0.05) is 48.5 Å². The number of hydrogen-bond donors (Lipinski definition) is 0. The van der Waals surface area contributed by atoms with E-state index in [0.29, 0.717) is 17.4 Å². The molecule has 0 saturated heterocycles. The topological polar surface area (TPSA) is 59.4 Å². The van der Waals surface area contributed by atoms with Crippen LogP contribution in [0.15, 0.2) is 94.9 Å². The Morgan fingerprint density at radius 3 is 2.29 bits per heavy atom. The maximum Gasteiger partial charge on any atom is 0.242 e. The van der Waals surface area contributed by atoms with E-state index in [4.69, 9.17) is 0 Å². The summed E-state index contributed by atoms with van der Waals surface area (Å²) >= 11 is 0.